The van der Waals surface area contributed by atoms with Gasteiger partial charge < -0.3 is 9.47 Å². The zero-order valence-electron chi connectivity index (χ0n) is 8.22. The van der Waals surface area contributed by atoms with Crippen molar-refractivity contribution in [1.29, 1.82) is 0 Å². The minimum absolute atomic E-state index is 0.00569. The Morgan fingerprint density at radius 3 is 2.92 bits per heavy atom. The van der Waals surface area contributed by atoms with Gasteiger partial charge in [0, 0.05) is 6.42 Å². The molecule has 2 aliphatic rings. The number of ether oxygens (including phenoxy) is 2. The molecule has 0 saturated carbocycles. The smallest absolute Gasteiger partial charge is 0.169 e. The van der Waals surface area contributed by atoms with Crippen molar-refractivity contribution in [1.82, 2.24) is 0 Å². The van der Waals surface area contributed by atoms with E-state index in [4.69, 9.17) is 9.47 Å². The average molecular weight is 170 g/mol. The molecular weight excluding hydrogens is 152 g/mol. The van der Waals surface area contributed by atoms with E-state index in [9.17, 15) is 0 Å². The van der Waals surface area contributed by atoms with Crippen molar-refractivity contribution < 1.29 is 9.47 Å². The maximum Gasteiger partial charge on any atom is 0.169 e. The molecule has 0 aromatic heterocycles. The van der Waals surface area contributed by atoms with E-state index in [1.165, 1.54) is 6.42 Å². The van der Waals surface area contributed by atoms with Crippen molar-refractivity contribution in [2.24, 2.45) is 5.92 Å². The molecule has 2 heterocycles. The van der Waals surface area contributed by atoms with Crippen LogP contribution >= 0.6 is 0 Å². The third-order valence-electron chi connectivity index (χ3n) is 3.58. The Morgan fingerprint density at radius 2 is 2.25 bits per heavy atom. The van der Waals surface area contributed by atoms with Crippen molar-refractivity contribution in [3.63, 3.8) is 0 Å². The van der Waals surface area contributed by atoms with Crippen LogP contribution in [0, 0.1) is 5.92 Å². The van der Waals surface area contributed by atoms with Crippen molar-refractivity contribution in [3.05, 3.63) is 0 Å². The molecule has 2 rings (SSSR count). The quantitative estimate of drug-likeness (QED) is 0.601. The van der Waals surface area contributed by atoms with Gasteiger partial charge in [0.2, 0.25) is 0 Å². The number of rotatable bonds is 1. The summed E-state index contributed by atoms with van der Waals surface area (Å²) in [4.78, 5) is 0. The van der Waals surface area contributed by atoms with Gasteiger partial charge in [-0.2, -0.15) is 0 Å². The predicted octanol–water partition coefficient (Wildman–Crippen LogP) is 2.33. The van der Waals surface area contributed by atoms with E-state index in [1.54, 1.807) is 0 Å². The van der Waals surface area contributed by atoms with Crippen LogP contribution in [0.25, 0.3) is 0 Å². The number of fused-ring (bicyclic) bond motifs is 2. The Hall–Kier alpha value is -0.0800. The van der Waals surface area contributed by atoms with Crippen LogP contribution in [-0.2, 0) is 9.47 Å². The van der Waals surface area contributed by atoms with E-state index >= 15 is 0 Å². The van der Waals surface area contributed by atoms with Gasteiger partial charge in [-0.3, -0.25) is 0 Å². The normalized spacial score (nSPS) is 52.8. The third-order valence-corrected chi connectivity index (χ3v) is 3.58. The SMILES string of the molecule is CCC12CCC(C)C(C)(CO1)O2. The second-order valence-corrected chi connectivity index (χ2v) is 4.41. The summed E-state index contributed by atoms with van der Waals surface area (Å²) >= 11 is 0. The molecule has 2 fully saturated rings. The van der Waals surface area contributed by atoms with Crippen molar-refractivity contribution in [3.8, 4) is 0 Å². The lowest BCUT2D eigenvalue weighted by molar-refractivity contribution is -0.222. The topological polar surface area (TPSA) is 18.5 Å². The first-order valence-corrected chi connectivity index (χ1v) is 4.94. The van der Waals surface area contributed by atoms with Gasteiger partial charge in [-0.15, -0.1) is 0 Å². The summed E-state index contributed by atoms with van der Waals surface area (Å²) < 4.78 is 11.8. The zero-order valence-corrected chi connectivity index (χ0v) is 8.22. The average Bonchev–Trinajstić information content (AvgIpc) is 2.36. The molecule has 2 heteroatoms. The second-order valence-electron chi connectivity index (χ2n) is 4.41. The monoisotopic (exact) mass is 170 g/mol. The summed E-state index contributed by atoms with van der Waals surface area (Å²) in [7, 11) is 0. The van der Waals surface area contributed by atoms with Gasteiger partial charge in [0.15, 0.2) is 5.79 Å². The van der Waals surface area contributed by atoms with Gasteiger partial charge in [-0.1, -0.05) is 13.8 Å². The second kappa shape index (κ2) is 2.46. The Bertz CT molecular complexity index is 184. The van der Waals surface area contributed by atoms with Crippen LogP contribution in [0.2, 0.25) is 0 Å². The summed E-state index contributed by atoms with van der Waals surface area (Å²) in [6.07, 6.45) is 3.29. The minimum Gasteiger partial charge on any atom is -0.347 e. The van der Waals surface area contributed by atoms with Crippen LogP contribution in [0.1, 0.15) is 40.0 Å². The third kappa shape index (κ3) is 1.01. The van der Waals surface area contributed by atoms with E-state index in [0.717, 1.165) is 19.4 Å². The van der Waals surface area contributed by atoms with E-state index < -0.39 is 0 Å². The Balaban J connectivity index is 2.20. The van der Waals surface area contributed by atoms with Crippen LogP contribution in [0.5, 0.6) is 0 Å². The van der Waals surface area contributed by atoms with Gasteiger partial charge in [-0.05, 0) is 25.7 Å². The Labute approximate surface area is 74.2 Å². The van der Waals surface area contributed by atoms with Gasteiger partial charge in [-0.25, -0.2) is 0 Å². The molecule has 0 aromatic rings. The highest BCUT2D eigenvalue weighted by Gasteiger charge is 2.53. The Kier molecular flexibility index (Phi) is 1.74. The Morgan fingerprint density at radius 1 is 1.50 bits per heavy atom. The molecule has 2 nitrogen and oxygen atoms in total. The molecule has 3 atom stereocenters. The van der Waals surface area contributed by atoms with Crippen molar-refractivity contribution in [2.45, 2.75) is 51.4 Å². The fourth-order valence-electron chi connectivity index (χ4n) is 2.22. The summed E-state index contributed by atoms with van der Waals surface area (Å²) in [6.45, 7) is 7.35. The minimum atomic E-state index is -0.221. The fourth-order valence-corrected chi connectivity index (χ4v) is 2.22. The molecule has 2 aliphatic heterocycles. The van der Waals surface area contributed by atoms with Gasteiger partial charge >= 0.3 is 0 Å². The molecule has 3 unspecified atom stereocenters. The lowest BCUT2D eigenvalue weighted by atomic mass is 9.84. The van der Waals surface area contributed by atoms with Crippen molar-refractivity contribution >= 4 is 0 Å². The highest BCUT2D eigenvalue weighted by molar-refractivity contribution is 4.95. The molecule has 0 aromatic carbocycles. The van der Waals surface area contributed by atoms with Gasteiger partial charge in [0.1, 0.15) is 0 Å². The lowest BCUT2D eigenvalue weighted by Gasteiger charge is -2.39. The molecule has 70 valence electrons. The van der Waals surface area contributed by atoms with E-state index in [-0.39, 0.29) is 11.4 Å². The first-order valence-electron chi connectivity index (χ1n) is 4.94. The van der Waals surface area contributed by atoms with E-state index in [0.29, 0.717) is 5.92 Å². The van der Waals surface area contributed by atoms with Gasteiger partial charge in [0.05, 0.1) is 12.2 Å². The maximum atomic E-state index is 6.01. The zero-order chi connectivity index (χ0) is 8.82. The molecule has 0 spiro atoms. The van der Waals surface area contributed by atoms with Crippen LogP contribution in [0.4, 0.5) is 0 Å². The number of hydrogen-bond acceptors (Lipinski definition) is 2. The van der Waals surface area contributed by atoms with Crippen LogP contribution in [-0.4, -0.2) is 18.0 Å². The standard InChI is InChI=1S/C10H18O2/c1-4-10-6-5-8(2)9(3,12-10)7-11-10/h8H,4-7H2,1-3H3. The summed E-state index contributed by atoms with van der Waals surface area (Å²) in [5, 5.41) is 0. The maximum absolute atomic E-state index is 6.01. The highest BCUT2D eigenvalue weighted by atomic mass is 16.8. The molecule has 2 saturated heterocycles. The molecule has 2 bridgehead atoms. The highest BCUT2D eigenvalue weighted by Crippen LogP contribution is 2.47. The molecule has 0 N–H and O–H groups in total. The lowest BCUT2D eigenvalue weighted by Crippen LogP contribution is -2.44. The summed E-state index contributed by atoms with van der Waals surface area (Å²) in [5.41, 5.74) is -0.00569. The van der Waals surface area contributed by atoms with E-state index in [1.807, 2.05) is 0 Å². The van der Waals surface area contributed by atoms with Crippen LogP contribution < -0.4 is 0 Å². The van der Waals surface area contributed by atoms with Crippen molar-refractivity contribution in [2.75, 3.05) is 6.61 Å². The fraction of sp³-hybridized carbons (Fsp3) is 1.00. The van der Waals surface area contributed by atoms with Gasteiger partial charge in [0.25, 0.3) is 0 Å². The summed E-state index contributed by atoms with van der Waals surface area (Å²) in [5.74, 6) is 0.418. The first kappa shape index (κ1) is 8.52. The largest absolute Gasteiger partial charge is 0.347 e. The van der Waals surface area contributed by atoms with Crippen LogP contribution in [0.15, 0.2) is 0 Å². The molecule has 0 amide bonds. The molecular formula is C10H18O2. The summed E-state index contributed by atoms with van der Waals surface area (Å²) in [6, 6.07) is 0. The molecule has 0 aliphatic carbocycles. The first-order chi connectivity index (χ1) is 5.60. The number of hydrogen-bond donors (Lipinski definition) is 0. The predicted molar refractivity (Wildman–Crippen MR) is 46.9 cm³/mol. The molecule has 12 heavy (non-hydrogen) atoms. The molecule has 0 radical (unpaired) electrons. The van der Waals surface area contributed by atoms with Crippen LogP contribution in [0.3, 0.4) is 0 Å². The van der Waals surface area contributed by atoms with E-state index in [2.05, 4.69) is 20.8 Å².